The molecule has 0 saturated heterocycles. The SMILES string of the molecule is c1ccc(CSc2ccc(-c3ccc4c(c3)OCO4)nn2)nc1. The number of nitrogens with zero attached hydrogens (tertiary/aromatic N) is 3. The Balaban J connectivity index is 1.47. The Morgan fingerprint density at radius 3 is 2.74 bits per heavy atom. The molecule has 1 aromatic carbocycles. The average molecular weight is 323 g/mol. The Labute approximate surface area is 137 Å². The predicted octanol–water partition coefficient (Wildman–Crippen LogP) is 3.56. The molecule has 1 aliphatic rings. The van der Waals surface area contributed by atoms with Crippen LogP contribution in [0.2, 0.25) is 0 Å². The molecule has 4 rings (SSSR count). The van der Waals surface area contributed by atoms with Gasteiger partial charge in [-0.15, -0.1) is 10.2 Å². The van der Waals surface area contributed by atoms with E-state index >= 15 is 0 Å². The Bertz CT molecular complexity index is 810. The fourth-order valence-corrected chi connectivity index (χ4v) is 2.97. The number of benzene rings is 1. The molecule has 0 amide bonds. The first-order valence-electron chi connectivity index (χ1n) is 7.15. The van der Waals surface area contributed by atoms with E-state index in [4.69, 9.17) is 9.47 Å². The van der Waals surface area contributed by atoms with Gasteiger partial charge in [0, 0.05) is 17.5 Å². The van der Waals surface area contributed by atoms with E-state index in [1.54, 1.807) is 18.0 Å². The van der Waals surface area contributed by atoms with Crippen molar-refractivity contribution >= 4 is 11.8 Å². The first-order valence-corrected chi connectivity index (χ1v) is 8.13. The molecular formula is C17H13N3O2S. The molecule has 0 atom stereocenters. The molecule has 0 N–H and O–H groups in total. The number of pyridine rings is 1. The molecule has 0 saturated carbocycles. The van der Waals surface area contributed by atoms with E-state index in [1.165, 1.54) is 0 Å². The second-order valence-corrected chi connectivity index (χ2v) is 5.93. The van der Waals surface area contributed by atoms with Gasteiger partial charge in [-0.2, -0.15) is 0 Å². The average Bonchev–Trinajstić information content (AvgIpc) is 3.09. The monoisotopic (exact) mass is 323 g/mol. The molecule has 3 aromatic rings. The van der Waals surface area contributed by atoms with Crippen LogP contribution >= 0.6 is 11.8 Å². The number of rotatable bonds is 4. The molecule has 1 aliphatic heterocycles. The highest BCUT2D eigenvalue weighted by molar-refractivity contribution is 7.98. The summed E-state index contributed by atoms with van der Waals surface area (Å²) in [5, 5.41) is 9.45. The van der Waals surface area contributed by atoms with Gasteiger partial charge in [0.1, 0.15) is 5.03 Å². The molecule has 114 valence electrons. The maximum Gasteiger partial charge on any atom is 0.231 e. The minimum absolute atomic E-state index is 0.271. The van der Waals surface area contributed by atoms with Crippen LogP contribution in [0, 0.1) is 0 Å². The summed E-state index contributed by atoms with van der Waals surface area (Å²) in [6.45, 7) is 0.271. The molecule has 0 bridgehead atoms. The van der Waals surface area contributed by atoms with Crippen molar-refractivity contribution in [1.29, 1.82) is 0 Å². The largest absolute Gasteiger partial charge is 0.454 e. The van der Waals surface area contributed by atoms with E-state index in [9.17, 15) is 0 Å². The minimum Gasteiger partial charge on any atom is -0.454 e. The van der Waals surface area contributed by atoms with Gasteiger partial charge in [0.05, 0.1) is 11.4 Å². The number of hydrogen-bond acceptors (Lipinski definition) is 6. The van der Waals surface area contributed by atoms with Gasteiger partial charge >= 0.3 is 0 Å². The summed E-state index contributed by atoms with van der Waals surface area (Å²) in [6, 6.07) is 15.6. The number of fused-ring (bicyclic) bond motifs is 1. The fourth-order valence-electron chi connectivity index (χ4n) is 2.24. The standard InChI is InChI=1S/C17H13N3O2S/c1-2-8-18-13(3-1)10-23-17-7-5-14(19-20-17)12-4-6-15-16(9-12)22-11-21-15/h1-9H,10-11H2. The molecular weight excluding hydrogens is 310 g/mol. The third-order valence-corrected chi connectivity index (χ3v) is 4.36. The van der Waals surface area contributed by atoms with Crippen LogP contribution in [0.25, 0.3) is 11.3 Å². The summed E-state index contributed by atoms with van der Waals surface area (Å²) in [7, 11) is 0. The smallest absolute Gasteiger partial charge is 0.231 e. The molecule has 6 heteroatoms. The summed E-state index contributed by atoms with van der Waals surface area (Å²) in [6.07, 6.45) is 1.80. The Hall–Kier alpha value is -2.60. The molecule has 3 heterocycles. The first-order chi connectivity index (χ1) is 11.4. The second kappa shape index (κ2) is 6.26. The van der Waals surface area contributed by atoms with Crippen LogP contribution in [0.1, 0.15) is 5.69 Å². The van der Waals surface area contributed by atoms with Crippen LogP contribution in [-0.4, -0.2) is 22.0 Å². The van der Waals surface area contributed by atoms with Crippen molar-refractivity contribution in [2.45, 2.75) is 10.8 Å². The van der Waals surface area contributed by atoms with Crippen molar-refractivity contribution in [3.05, 3.63) is 60.4 Å². The molecule has 5 nitrogen and oxygen atoms in total. The van der Waals surface area contributed by atoms with Crippen molar-refractivity contribution in [3.8, 4) is 22.8 Å². The predicted molar refractivity (Wildman–Crippen MR) is 87.4 cm³/mol. The van der Waals surface area contributed by atoms with Crippen molar-refractivity contribution in [2.75, 3.05) is 6.79 Å². The molecule has 0 fully saturated rings. The zero-order chi connectivity index (χ0) is 15.5. The zero-order valence-electron chi connectivity index (χ0n) is 12.2. The molecule has 2 aromatic heterocycles. The normalized spacial score (nSPS) is 12.3. The maximum absolute atomic E-state index is 5.39. The lowest BCUT2D eigenvalue weighted by atomic mass is 10.1. The van der Waals surface area contributed by atoms with Crippen LogP contribution in [-0.2, 0) is 5.75 Å². The number of thioether (sulfide) groups is 1. The summed E-state index contributed by atoms with van der Waals surface area (Å²) < 4.78 is 10.7. The Morgan fingerprint density at radius 2 is 1.91 bits per heavy atom. The van der Waals surface area contributed by atoms with E-state index in [0.29, 0.717) is 0 Å². The Morgan fingerprint density at radius 1 is 0.957 bits per heavy atom. The van der Waals surface area contributed by atoms with E-state index in [2.05, 4.69) is 15.2 Å². The van der Waals surface area contributed by atoms with E-state index in [-0.39, 0.29) is 6.79 Å². The highest BCUT2D eigenvalue weighted by atomic mass is 32.2. The summed E-state index contributed by atoms with van der Waals surface area (Å²) in [5.41, 5.74) is 2.80. The molecule has 0 aliphatic carbocycles. The fraction of sp³-hybridized carbons (Fsp3) is 0.118. The van der Waals surface area contributed by atoms with E-state index < -0.39 is 0 Å². The summed E-state index contributed by atoms with van der Waals surface area (Å²) >= 11 is 1.62. The third kappa shape index (κ3) is 3.12. The van der Waals surface area contributed by atoms with Crippen molar-refractivity contribution in [3.63, 3.8) is 0 Å². The maximum atomic E-state index is 5.39. The van der Waals surface area contributed by atoms with Gasteiger partial charge < -0.3 is 9.47 Å². The molecule has 0 spiro atoms. The highest BCUT2D eigenvalue weighted by Gasteiger charge is 2.14. The van der Waals surface area contributed by atoms with Crippen LogP contribution in [0.4, 0.5) is 0 Å². The lowest BCUT2D eigenvalue weighted by Crippen LogP contribution is -1.93. The molecule has 0 radical (unpaired) electrons. The second-order valence-electron chi connectivity index (χ2n) is 4.93. The summed E-state index contributed by atoms with van der Waals surface area (Å²) in [5.74, 6) is 2.29. The van der Waals surface area contributed by atoms with E-state index in [0.717, 1.165) is 39.2 Å². The van der Waals surface area contributed by atoms with Crippen LogP contribution in [0.3, 0.4) is 0 Å². The van der Waals surface area contributed by atoms with Crippen molar-refractivity contribution in [2.24, 2.45) is 0 Å². The van der Waals surface area contributed by atoms with Gasteiger partial charge in [0.2, 0.25) is 6.79 Å². The summed E-state index contributed by atoms with van der Waals surface area (Å²) in [4.78, 5) is 4.30. The Kier molecular flexibility index (Phi) is 3.81. The van der Waals surface area contributed by atoms with Crippen molar-refractivity contribution in [1.82, 2.24) is 15.2 Å². The number of aromatic nitrogens is 3. The molecule has 23 heavy (non-hydrogen) atoms. The quantitative estimate of drug-likeness (QED) is 0.684. The van der Waals surface area contributed by atoms with Crippen LogP contribution in [0.5, 0.6) is 11.5 Å². The van der Waals surface area contributed by atoms with Gasteiger partial charge in [0.25, 0.3) is 0 Å². The third-order valence-electron chi connectivity index (χ3n) is 3.40. The lowest BCUT2D eigenvalue weighted by Gasteiger charge is -2.03. The van der Waals surface area contributed by atoms with Gasteiger partial charge in [-0.1, -0.05) is 17.8 Å². The number of hydrogen-bond donors (Lipinski definition) is 0. The molecule has 0 unspecified atom stereocenters. The van der Waals surface area contributed by atoms with Gasteiger partial charge in [-0.3, -0.25) is 4.98 Å². The van der Waals surface area contributed by atoms with Crippen LogP contribution in [0.15, 0.2) is 59.8 Å². The van der Waals surface area contributed by atoms with Crippen LogP contribution < -0.4 is 9.47 Å². The first kappa shape index (κ1) is 14.0. The van der Waals surface area contributed by atoms with Crippen molar-refractivity contribution < 1.29 is 9.47 Å². The topological polar surface area (TPSA) is 57.1 Å². The highest BCUT2D eigenvalue weighted by Crippen LogP contribution is 2.35. The van der Waals surface area contributed by atoms with Gasteiger partial charge in [0.15, 0.2) is 11.5 Å². The number of ether oxygens (including phenoxy) is 2. The minimum atomic E-state index is 0.271. The lowest BCUT2D eigenvalue weighted by molar-refractivity contribution is 0.174. The van der Waals surface area contributed by atoms with Gasteiger partial charge in [-0.05, 0) is 42.5 Å². The van der Waals surface area contributed by atoms with Gasteiger partial charge in [-0.25, -0.2) is 0 Å². The van der Waals surface area contributed by atoms with E-state index in [1.807, 2.05) is 48.5 Å². The zero-order valence-corrected chi connectivity index (χ0v) is 13.0.